The molecule has 1 aliphatic rings. The van der Waals surface area contributed by atoms with Gasteiger partial charge < -0.3 is 10.1 Å². The molecule has 1 fully saturated rings. The molecule has 0 radical (unpaired) electrons. The Morgan fingerprint density at radius 3 is 2.43 bits per heavy atom. The van der Waals surface area contributed by atoms with E-state index in [1.54, 1.807) is 0 Å². The van der Waals surface area contributed by atoms with Gasteiger partial charge in [0, 0.05) is 24.2 Å². The summed E-state index contributed by atoms with van der Waals surface area (Å²) in [5.41, 5.74) is 0.575. The van der Waals surface area contributed by atoms with E-state index in [9.17, 15) is 13.2 Å². The second-order valence-corrected chi connectivity index (χ2v) is 5.08. The predicted octanol–water partition coefficient (Wildman–Crippen LogP) is 4.15. The molecular weight excluding hydrogens is 279 g/mol. The Kier molecular flexibility index (Phi) is 3.84. The highest BCUT2D eigenvalue weighted by Crippen LogP contribution is 2.29. The fraction of sp³-hybridized carbons (Fsp3) is 0.250. The molecule has 0 bridgehead atoms. The summed E-state index contributed by atoms with van der Waals surface area (Å²) < 4.78 is 45.5. The Balaban J connectivity index is 1.84. The first-order valence-corrected chi connectivity index (χ1v) is 6.76. The first-order valence-electron chi connectivity index (χ1n) is 6.76. The van der Waals surface area contributed by atoms with Crippen LogP contribution in [-0.4, -0.2) is 6.04 Å². The van der Waals surface area contributed by atoms with Crippen molar-refractivity contribution >= 4 is 0 Å². The van der Waals surface area contributed by atoms with Crippen LogP contribution in [0.3, 0.4) is 0 Å². The maximum absolute atomic E-state index is 13.6. The minimum atomic E-state index is -0.665. The van der Waals surface area contributed by atoms with Crippen LogP contribution in [0.15, 0.2) is 36.4 Å². The van der Waals surface area contributed by atoms with Crippen LogP contribution in [0.25, 0.3) is 0 Å². The molecule has 1 N–H and O–H groups in total. The molecule has 1 aliphatic carbocycles. The summed E-state index contributed by atoms with van der Waals surface area (Å²) in [6, 6.07) is 7.42. The topological polar surface area (TPSA) is 21.3 Å². The zero-order valence-electron chi connectivity index (χ0n) is 11.2. The van der Waals surface area contributed by atoms with Crippen molar-refractivity contribution in [3.05, 3.63) is 59.4 Å². The van der Waals surface area contributed by atoms with E-state index in [0.29, 0.717) is 23.9 Å². The van der Waals surface area contributed by atoms with E-state index < -0.39 is 17.5 Å². The SMILES string of the molecule is Fc1ccc(Oc2cc(F)ccc2F)c(CNC2CC2)c1. The standard InChI is InChI=1S/C16H14F3NO/c17-11-2-6-15(10(7-11)9-20-13-3-4-13)21-16-8-12(18)1-5-14(16)19/h1-2,5-8,13,20H,3-4,9H2. The predicted molar refractivity (Wildman–Crippen MR) is 72.7 cm³/mol. The smallest absolute Gasteiger partial charge is 0.165 e. The summed E-state index contributed by atoms with van der Waals surface area (Å²) in [6.07, 6.45) is 2.20. The number of hydrogen-bond acceptors (Lipinski definition) is 2. The Labute approximate surface area is 120 Å². The minimum Gasteiger partial charge on any atom is -0.454 e. The summed E-state index contributed by atoms with van der Waals surface area (Å²) in [6.45, 7) is 0.425. The van der Waals surface area contributed by atoms with Gasteiger partial charge in [-0.05, 0) is 43.2 Å². The van der Waals surface area contributed by atoms with Gasteiger partial charge in [0.25, 0.3) is 0 Å². The lowest BCUT2D eigenvalue weighted by molar-refractivity contribution is 0.429. The van der Waals surface area contributed by atoms with Gasteiger partial charge in [0.1, 0.15) is 17.4 Å². The number of ether oxygens (including phenoxy) is 1. The Bertz CT molecular complexity index is 656. The summed E-state index contributed by atoms with van der Waals surface area (Å²) >= 11 is 0. The molecule has 2 nitrogen and oxygen atoms in total. The quantitative estimate of drug-likeness (QED) is 0.894. The van der Waals surface area contributed by atoms with Crippen LogP contribution in [0.2, 0.25) is 0 Å². The minimum absolute atomic E-state index is 0.214. The molecule has 0 aromatic heterocycles. The van der Waals surface area contributed by atoms with Crippen LogP contribution in [0.5, 0.6) is 11.5 Å². The molecular formula is C16H14F3NO. The molecule has 3 rings (SSSR count). The molecule has 2 aromatic carbocycles. The van der Waals surface area contributed by atoms with Gasteiger partial charge in [-0.15, -0.1) is 0 Å². The van der Waals surface area contributed by atoms with Crippen molar-refractivity contribution in [1.82, 2.24) is 5.32 Å². The van der Waals surface area contributed by atoms with E-state index in [2.05, 4.69) is 5.32 Å². The maximum atomic E-state index is 13.6. The fourth-order valence-corrected chi connectivity index (χ4v) is 2.00. The summed E-state index contributed by atoms with van der Waals surface area (Å²) in [7, 11) is 0. The third-order valence-electron chi connectivity index (χ3n) is 3.29. The van der Waals surface area contributed by atoms with Crippen molar-refractivity contribution in [2.75, 3.05) is 0 Å². The fourth-order valence-electron chi connectivity index (χ4n) is 2.00. The van der Waals surface area contributed by atoms with Gasteiger partial charge in [-0.2, -0.15) is 0 Å². The normalized spacial score (nSPS) is 14.2. The van der Waals surface area contributed by atoms with Crippen molar-refractivity contribution in [3.8, 4) is 11.5 Å². The molecule has 0 saturated heterocycles. The molecule has 110 valence electrons. The van der Waals surface area contributed by atoms with Crippen molar-refractivity contribution in [2.45, 2.75) is 25.4 Å². The monoisotopic (exact) mass is 293 g/mol. The van der Waals surface area contributed by atoms with Gasteiger partial charge in [0.15, 0.2) is 11.6 Å². The lowest BCUT2D eigenvalue weighted by Crippen LogP contribution is -2.16. The zero-order valence-corrected chi connectivity index (χ0v) is 11.2. The van der Waals surface area contributed by atoms with E-state index in [0.717, 1.165) is 31.0 Å². The second-order valence-electron chi connectivity index (χ2n) is 5.08. The van der Waals surface area contributed by atoms with Crippen molar-refractivity contribution < 1.29 is 17.9 Å². The molecule has 1 saturated carbocycles. The molecule has 21 heavy (non-hydrogen) atoms. The molecule has 0 spiro atoms. The molecule has 2 aromatic rings. The molecule has 0 atom stereocenters. The molecule has 0 unspecified atom stereocenters. The van der Waals surface area contributed by atoms with E-state index in [4.69, 9.17) is 4.74 Å². The second kappa shape index (κ2) is 5.77. The van der Waals surface area contributed by atoms with Gasteiger partial charge in [0.2, 0.25) is 0 Å². The van der Waals surface area contributed by atoms with Crippen molar-refractivity contribution in [2.24, 2.45) is 0 Å². The van der Waals surface area contributed by atoms with E-state index in [1.807, 2.05) is 0 Å². The number of rotatable bonds is 5. The summed E-state index contributed by atoms with van der Waals surface area (Å²) in [4.78, 5) is 0. The molecule has 5 heteroatoms. The van der Waals surface area contributed by atoms with Crippen LogP contribution in [0.4, 0.5) is 13.2 Å². The van der Waals surface area contributed by atoms with Crippen LogP contribution in [0.1, 0.15) is 18.4 Å². The average molecular weight is 293 g/mol. The highest BCUT2D eigenvalue weighted by molar-refractivity contribution is 5.39. The summed E-state index contributed by atoms with van der Waals surface area (Å²) in [5, 5.41) is 3.24. The van der Waals surface area contributed by atoms with Gasteiger partial charge in [0.05, 0.1) is 0 Å². The molecule has 0 aliphatic heterocycles. The number of benzene rings is 2. The molecule has 0 heterocycles. The van der Waals surface area contributed by atoms with Gasteiger partial charge in [-0.25, -0.2) is 13.2 Å². The molecule has 0 amide bonds. The number of halogens is 3. The van der Waals surface area contributed by atoms with Gasteiger partial charge in [-0.3, -0.25) is 0 Å². The Morgan fingerprint density at radius 2 is 1.67 bits per heavy atom. The first kappa shape index (κ1) is 13.9. The van der Waals surface area contributed by atoms with Crippen LogP contribution >= 0.6 is 0 Å². The van der Waals surface area contributed by atoms with Gasteiger partial charge >= 0.3 is 0 Å². The highest BCUT2D eigenvalue weighted by atomic mass is 19.1. The Morgan fingerprint density at radius 1 is 0.952 bits per heavy atom. The van der Waals surface area contributed by atoms with Crippen LogP contribution in [0, 0.1) is 17.5 Å². The van der Waals surface area contributed by atoms with Crippen LogP contribution in [-0.2, 0) is 6.54 Å². The Hall–Kier alpha value is -2.01. The van der Waals surface area contributed by atoms with E-state index in [-0.39, 0.29) is 5.75 Å². The first-order chi connectivity index (χ1) is 10.1. The van der Waals surface area contributed by atoms with E-state index in [1.165, 1.54) is 18.2 Å². The lowest BCUT2D eigenvalue weighted by atomic mass is 10.2. The number of nitrogens with one attached hydrogen (secondary N) is 1. The van der Waals surface area contributed by atoms with Crippen LogP contribution < -0.4 is 10.1 Å². The zero-order chi connectivity index (χ0) is 14.8. The third-order valence-corrected chi connectivity index (χ3v) is 3.29. The highest BCUT2D eigenvalue weighted by Gasteiger charge is 2.21. The average Bonchev–Trinajstić information content (AvgIpc) is 3.27. The third kappa shape index (κ3) is 3.55. The van der Waals surface area contributed by atoms with Gasteiger partial charge in [-0.1, -0.05) is 0 Å². The van der Waals surface area contributed by atoms with Crippen molar-refractivity contribution in [3.63, 3.8) is 0 Å². The van der Waals surface area contributed by atoms with Crippen molar-refractivity contribution in [1.29, 1.82) is 0 Å². The largest absolute Gasteiger partial charge is 0.454 e. The maximum Gasteiger partial charge on any atom is 0.165 e. The lowest BCUT2D eigenvalue weighted by Gasteiger charge is -2.12. The summed E-state index contributed by atoms with van der Waals surface area (Å²) in [5.74, 6) is -1.55. The van der Waals surface area contributed by atoms with E-state index >= 15 is 0 Å². The number of hydrogen-bond donors (Lipinski definition) is 1.